The number of nitrogens with zero attached hydrogens (tertiary/aromatic N) is 1. The Morgan fingerprint density at radius 1 is 1.32 bits per heavy atom. The normalized spacial score (nSPS) is 22.9. The van der Waals surface area contributed by atoms with Crippen LogP contribution in [0.5, 0.6) is 0 Å². The van der Waals surface area contributed by atoms with Gasteiger partial charge in [0.05, 0.1) is 12.5 Å². The minimum Gasteiger partial charge on any atom is -0.465 e. The van der Waals surface area contributed by atoms with Crippen LogP contribution in [0.15, 0.2) is 0 Å². The largest absolute Gasteiger partial charge is 0.465 e. The molecule has 1 heterocycles. The number of ether oxygens (including phenoxy) is 1. The van der Waals surface area contributed by atoms with E-state index in [1.165, 1.54) is 25.7 Å². The minimum absolute atomic E-state index is 0.125. The summed E-state index contributed by atoms with van der Waals surface area (Å²) in [7, 11) is 0. The van der Waals surface area contributed by atoms with Crippen molar-refractivity contribution in [2.75, 3.05) is 19.7 Å². The second-order valence-electron chi connectivity index (χ2n) is 5.87. The maximum absolute atomic E-state index is 11.9. The Morgan fingerprint density at radius 2 is 2.11 bits per heavy atom. The predicted octanol–water partition coefficient (Wildman–Crippen LogP) is 2.37. The van der Waals surface area contributed by atoms with E-state index in [0.717, 1.165) is 19.4 Å². The number of rotatable bonds is 8. The maximum atomic E-state index is 11.9. The first-order chi connectivity index (χ1) is 9.20. The standard InChI is InChI=1S/C15H25NO3/c1-2-3-4-5-8-19-15(18)13-9-14(17)16(11-13)10-12-6-7-12/h12-13H,2-11H2,1H3. The van der Waals surface area contributed by atoms with Gasteiger partial charge in [-0.15, -0.1) is 0 Å². The molecule has 0 aromatic heterocycles. The van der Waals surface area contributed by atoms with Gasteiger partial charge in [-0.2, -0.15) is 0 Å². The number of amides is 1. The van der Waals surface area contributed by atoms with Crippen molar-refractivity contribution in [3.63, 3.8) is 0 Å². The second-order valence-corrected chi connectivity index (χ2v) is 5.87. The molecule has 1 saturated heterocycles. The van der Waals surface area contributed by atoms with Gasteiger partial charge in [0, 0.05) is 19.5 Å². The number of likely N-dealkylation sites (tertiary alicyclic amines) is 1. The number of carbonyl (C=O) groups is 2. The van der Waals surface area contributed by atoms with Crippen molar-refractivity contribution < 1.29 is 14.3 Å². The monoisotopic (exact) mass is 267 g/mol. The fraction of sp³-hybridized carbons (Fsp3) is 0.867. The molecule has 1 amide bonds. The van der Waals surface area contributed by atoms with Crippen LogP contribution in [0.25, 0.3) is 0 Å². The molecule has 4 heteroatoms. The van der Waals surface area contributed by atoms with Crippen LogP contribution in [0.1, 0.15) is 51.9 Å². The Hall–Kier alpha value is -1.06. The van der Waals surface area contributed by atoms with Crippen LogP contribution in [-0.2, 0) is 14.3 Å². The highest BCUT2D eigenvalue weighted by atomic mass is 16.5. The third-order valence-corrected chi connectivity index (χ3v) is 3.97. The lowest BCUT2D eigenvalue weighted by Crippen LogP contribution is -2.28. The molecule has 19 heavy (non-hydrogen) atoms. The topological polar surface area (TPSA) is 46.6 Å². The molecule has 1 aliphatic heterocycles. The first-order valence-electron chi connectivity index (χ1n) is 7.65. The molecule has 0 aromatic rings. The zero-order valence-electron chi connectivity index (χ0n) is 11.9. The van der Waals surface area contributed by atoms with Gasteiger partial charge in [0.25, 0.3) is 0 Å². The summed E-state index contributed by atoms with van der Waals surface area (Å²) < 4.78 is 5.27. The molecule has 2 fully saturated rings. The third kappa shape index (κ3) is 4.51. The zero-order valence-corrected chi connectivity index (χ0v) is 11.9. The average Bonchev–Trinajstić information content (AvgIpc) is 3.13. The number of esters is 1. The van der Waals surface area contributed by atoms with E-state index in [1.807, 2.05) is 4.90 Å². The molecule has 0 bridgehead atoms. The van der Waals surface area contributed by atoms with E-state index in [-0.39, 0.29) is 17.8 Å². The molecule has 108 valence electrons. The van der Waals surface area contributed by atoms with Crippen LogP contribution in [0, 0.1) is 11.8 Å². The molecule has 1 saturated carbocycles. The van der Waals surface area contributed by atoms with E-state index in [9.17, 15) is 9.59 Å². The van der Waals surface area contributed by atoms with Crippen molar-refractivity contribution >= 4 is 11.9 Å². The summed E-state index contributed by atoms with van der Waals surface area (Å²) in [6.07, 6.45) is 7.23. The number of hydrogen-bond donors (Lipinski definition) is 0. The van der Waals surface area contributed by atoms with E-state index >= 15 is 0 Å². The number of carbonyl (C=O) groups excluding carboxylic acids is 2. The van der Waals surface area contributed by atoms with E-state index in [4.69, 9.17) is 4.74 Å². The lowest BCUT2D eigenvalue weighted by Gasteiger charge is -2.15. The summed E-state index contributed by atoms with van der Waals surface area (Å²) in [6, 6.07) is 0. The van der Waals surface area contributed by atoms with Crippen LogP contribution in [0.2, 0.25) is 0 Å². The minimum atomic E-state index is -0.225. The van der Waals surface area contributed by atoms with Gasteiger partial charge in [0.1, 0.15) is 0 Å². The molecule has 2 aliphatic rings. The van der Waals surface area contributed by atoms with Gasteiger partial charge < -0.3 is 9.64 Å². The number of unbranched alkanes of at least 4 members (excludes halogenated alkanes) is 3. The highest BCUT2D eigenvalue weighted by Gasteiger charge is 2.37. The SMILES string of the molecule is CCCCCCOC(=O)C1CC(=O)N(CC2CC2)C1. The Balaban J connectivity index is 1.64. The summed E-state index contributed by atoms with van der Waals surface area (Å²) in [4.78, 5) is 25.5. The third-order valence-electron chi connectivity index (χ3n) is 3.97. The summed E-state index contributed by atoms with van der Waals surface area (Å²) in [5.74, 6) is 0.410. The Labute approximate surface area is 115 Å². The first-order valence-corrected chi connectivity index (χ1v) is 7.65. The maximum Gasteiger partial charge on any atom is 0.311 e. The molecular formula is C15H25NO3. The van der Waals surface area contributed by atoms with Crippen LogP contribution in [0.4, 0.5) is 0 Å². The van der Waals surface area contributed by atoms with Gasteiger partial charge in [0.15, 0.2) is 0 Å². The van der Waals surface area contributed by atoms with E-state index in [2.05, 4.69) is 6.92 Å². The van der Waals surface area contributed by atoms with Gasteiger partial charge in [-0.25, -0.2) is 0 Å². The van der Waals surface area contributed by atoms with Crippen molar-refractivity contribution in [1.29, 1.82) is 0 Å². The first kappa shape index (κ1) is 14.4. The van der Waals surface area contributed by atoms with Crippen LogP contribution < -0.4 is 0 Å². The molecule has 1 unspecified atom stereocenters. The molecule has 4 nitrogen and oxygen atoms in total. The molecule has 1 aliphatic carbocycles. The van der Waals surface area contributed by atoms with Crippen molar-refractivity contribution in [2.24, 2.45) is 11.8 Å². The Morgan fingerprint density at radius 3 is 2.79 bits per heavy atom. The van der Waals surface area contributed by atoms with Crippen molar-refractivity contribution in [3.05, 3.63) is 0 Å². The molecule has 2 rings (SSSR count). The van der Waals surface area contributed by atoms with Crippen molar-refractivity contribution in [3.8, 4) is 0 Å². The summed E-state index contributed by atoms with van der Waals surface area (Å²) >= 11 is 0. The zero-order chi connectivity index (χ0) is 13.7. The molecule has 0 spiro atoms. The van der Waals surface area contributed by atoms with Crippen molar-refractivity contribution in [2.45, 2.75) is 51.9 Å². The lowest BCUT2D eigenvalue weighted by molar-refractivity contribution is -0.148. The lowest BCUT2D eigenvalue weighted by atomic mass is 10.1. The molecule has 0 radical (unpaired) electrons. The fourth-order valence-corrected chi connectivity index (χ4v) is 2.54. The highest BCUT2D eigenvalue weighted by molar-refractivity contribution is 5.86. The number of hydrogen-bond acceptors (Lipinski definition) is 3. The van der Waals surface area contributed by atoms with Crippen LogP contribution >= 0.6 is 0 Å². The van der Waals surface area contributed by atoms with Gasteiger partial charge in [-0.3, -0.25) is 9.59 Å². The Kier molecular flexibility index (Phi) is 5.23. The van der Waals surface area contributed by atoms with Gasteiger partial charge in [0.2, 0.25) is 5.91 Å². The molecule has 1 atom stereocenters. The predicted molar refractivity (Wildman–Crippen MR) is 72.5 cm³/mol. The van der Waals surface area contributed by atoms with Crippen molar-refractivity contribution in [1.82, 2.24) is 4.90 Å². The van der Waals surface area contributed by atoms with Crippen LogP contribution in [0.3, 0.4) is 0 Å². The fourth-order valence-electron chi connectivity index (χ4n) is 2.54. The van der Waals surface area contributed by atoms with Crippen LogP contribution in [-0.4, -0.2) is 36.5 Å². The smallest absolute Gasteiger partial charge is 0.311 e. The molecule has 0 N–H and O–H groups in total. The second kappa shape index (κ2) is 6.92. The molecular weight excluding hydrogens is 242 g/mol. The Bertz CT molecular complexity index is 325. The van der Waals surface area contributed by atoms with Gasteiger partial charge in [-0.1, -0.05) is 26.2 Å². The summed E-state index contributed by atoms with van der Waals surface area (Å²) in [5, 5.41) is 0. The van der Waals surface area contributed by atoms with E-state index in [1.54, 1.807) is 0 Å². The van der Waals surface area contributed by atoms with E-state index in [0.29, 0.717) is 25.5 Å². The van der Waals surface area contributed by atoms with Gasteiger partial charge >= 0.3 is 5.97 Å². The summed E-state index contributed by atoms with van der Waals surface area (Å²) in [6.45, 7) is 4.08. The molecule has 0 aromatic carbocycles. The summed E-state index contributed by atoms with van der Waals surface area (Å²) in [5.41, 5.74) is 0. The average molecular weight is 267 g/mol. The highest BCUT2D eigenvalue weighted by Crippen LogP contribution is 2.32. The quantitative estimate of drug-likeness (QED) is 0.501. The van der Waals surface area contributed by atoms with E-state index < -0.39 is 0 Å². The van der Waals surface area contributed by atoms with Gasteiger partial charge in [-0.05, 0) is 25.2 Å².